The van der Waals surface area contributed by atoms with Gasteiger partial charge in [-0.25, -0.2) is 4.98 Å². The molecule has 0 atom stereocenters. The molecule has 0 aliphatic rings. The Morgan fingerprint density at radius 3 is 2.88 bits per heavy atom. The molecule has 0 saturated carbocycles. The summed E-state index contributed by atoms with van der Waals surface area (Å²) in [5.41, 5.74) is 3.32. The first kappa shape index (κ1) is 15.2. The molecule has 0 saturated heterocycles. The molecule has 122 valence electrons. The van der Waals surface area contributed by atoms with Crippen molar-refractivity contribution in [3.8, 4) is 5.88 Å². The van der Waals surface area contributed by atoms with Crippen molar-refractivity contribution in [1.82, 2.24) is 14.3 Å². The summed E-state index contributed by atoms with van der Waals surface area (Å²) < 4.78 is 8.14. The van der Waals surface area contributed by atoms with Crippen molar-refractivity contribution in [2.24, 2.45) is 0 Å². The summed E-state index contributed by atoms with van der Waals surface area (Å²) in [6, 6.07) is 16.6. The molecule has 4 nitrogen and oxygen atoms in total. The van der Waals surface area contributed by atoms with Gasteiger partial charge in [-0.2, -0.15) is 0 Å². The van der Waals surface area contributed by atoms with Gasteiger partial charge in [0, 0.05) is 19.3 Å². The first-order valence-corrected chi connectivity index (χ1v) is 8.89. The van der Waals surface area contributed by atoms with E-state index in [0.717, 1.165) is 29.0 Å². The number of hydrogen-bond donors (Lipinski definition) is 0. The Kier molecular flexibility index (Phi) is 4.19. The van der Waals surface area contributed by atoms with Gasteiger partial charge in [-0.05, 0) is 36.2 Å². The third-order valence-corrected chi connectivity index (χ3v) is 4.94. The highest BCUT2D eigenvalue weighted by atomic mass is 32.1. The second-order valence-electron chi connectivity index (χ2n) is 5.86. The van der Waals surface area contributed by atoms with Gasteiger partial charge in [-0.3, -0.25) is 4.90 Å². The number of fused-ring (bicyclic) bond motifs is 3. The number of rotatable bonds is 6. The second kappa shape index (κ2) is 6.63. The lowest BCUT2D eigenvalue weighted by atomic mass is 10.2. The van der Waals surface area contributed by atoms with Gasteiger partial charge in [0.05, 0.1) is 0 Å². The second-order valence-corrected chi connectivity index (χ2v) is 6.76. The minimum Gasteiger partial charge on any atom is -0.475 e. The van der Waals surface area contributed by atoms with Gasteiger partial charge >= 0.3 is 0 Å². The van der Waals surface area contributed by atoms with Crippen LogP contribution in [0.2, 0.25) is 0 Å². The summed E-state index contributed by atoms with van der Waals surface area (Å²) in [6.07, 6.45) is 2.06. The highest BCUT2D eigenvalue weighted by Gasteiger charge is 2.10. The molecular weight excluding hydrogens is 318 g/mol. The molecule has 0 amide bonds. The minimum absolute atomic E-state index is 0.618. The number of likely N-dealkylation sites (N-methyl/N-ethyl adjacent to an activating group) is 1. The zero-order valence-corrected chi connectivity index (χ0v) is 14.4. The quantitative estimate of drug-likeness (QED) is 0.531. The zero-order chi connectivity index (χ0) is 16.4. The van der Waals surface area contributed by atoms with Gasteiger partial charge < -0.3 is 9.14 Å². The van der Waals surface area contributed by atoms with Crippen LogP contribution in [-0.2, 0) is 6.54 Å². The average Bonchev–Trinajstić information content (AvgIpc) is 3.24. The van der Waals surface area contributed by atoms with E-state index in [2.05, 4.69) is 63.2 Å². The molecule has 0 radical (unpaired) electrons. The highest BCUT2D eigenvalue weighted by Crippen LogP contribution is 2.27. The molecule has 4 aromatic rings. The lowest BCUT2D eigenvalue weighted by Crippen LogP contribution is -2.24. The molecule has 0 N–H and O–H groups in total. The molecule has 0 fully saturated rings. The van der Waals surface area contributed by atoms with Crippen molar-refractivity contribution >= 4 is 27.2 Å². The SMILES string of the molecule is CN(CCOc1nc2ccsc2n2cccc12)Cc1ccccc1. The van der Waals surface area contributed by atoms with Gasteiger partial charge in [0.2, 0.25) is 5.88 Å². The number of aromatic nitrogens is 2. The maximum atomic E-state index is 5.99. The van der Waals surface area contributed by atoms with Crippen LogP contribution < -0.4 is 4.74 Å². The van der Waals surface area contributed by atoms with E-state index < -0.39 is 0 Å². The summed E-state index contributed by atoms with van der Waals surface area (Å²) >= 11 is 1.70. The van der Waals surface area contributed by atoms with Gasteiger partial charge in [0.1, 0.15) is 22.5 Å². The van der Waals surface area contributed by atoms with E-state index in [1.54, 1.807) is 11.3 Å². The Labute approximate surface area is 144 Å². The van der Waals surface area contributed by atoms with Gasteiger partial charge in [0.25, 0.3) is 0 Å². The first-order chi connectivity index (χ1) is 11.8. The van der Waals surface area contributed by atoms with Gasteiger partial charge in [0.15, 0.2) is 0 Å². The molecule has 0 unspecified atom stereocenters. The monoisotopic (exact) mass is 337 g/mol. The van der Waals surface area contributed by atoms with Crippen molar-refractivity contribution in [2.75, 3.05) is 20.2 Å². The van der Waals surface area contributed by atoms with Crippen LogP contribution in [0, 0.1) is 0 Å². The fourth-order valence-corrected chi connectivity index (χ4v) is 3.67. The maximum Gasteiger partial charge on any atom is 0.239 e. The Hall–Kier alpha value is -2.37. The molecule has 24 heavy (non-hydrogen) atoms. The number of thiophene rings is 1. The van der Waals surface area contributed by atoms with E-state index in [9.17, 15) is 0 Å². The van der Waals surface area contributed by atoms with Crippen LogP contribution in [0.25, 0.3) is 15.9 Å². The molecule has 3 aromatic heterocycles. The normalized spacial score (nSPS) is 11.6. The minimum atomic E-state index is 0.618. The van der Waals surface area contributed by atoms with Crippen molar-refractivity contribution in [1.29, 1.82) is 0 Å². The lowest BCUT2D eigenvalue weighted by Gasteiger charge is -2.17. The fourth-order valence-electron chi connectivity index (χ4n) is 2.84. The number of hydrogen-bond acceptors (Lipinski definition) is 4. The molecule has 5 heteroatoms. The van der Waals surface area contributed by atoms with E-state index in [4.69, 9.17) is 4.74 Å². The van der Waals surface area contributed by atoms with Crippen LogP contribution in [-0.4, -0.2) is 34.5 Å². The Balaban J connectivity index is 1.43. The summed E-state index contributed by atoms with van der Waals surface area (Å²) in [7, 11) is 2.11. The average molecular weight is 337 g/mol. The largest absolute Gasteiger partial charge is 0.475 e. The summed E-state index contributed by atoms with van der Waals surface area (Å²) in [6.45, 7) is 2.39. The van der Waals surface area contributed by atoms with E-state index in [1.165, 1.54) is 5.56 Å². The Morgan fingerprint density at radius 1 is 1.12 bits per heavy atom. The number of nitrogens with zero attached hydrogens (tertiary/aromatic N) is 3. The van der Waals surface area contributed by atoms with Gasteiger partial charge in [-0.1, -0.05) is 30.3 Å². The third kappa shape index (κ3) is 3.00. The Morgan fingerprint density at radius 2 is 2.00 bits per heavy atom. The molecule has 1 aromatic carbocycles. The van der Waals surface area contributed by atoms with E-state index in [1.807, 2.05) is 18.2 Å². The topological polar surface area (TPSA) is 29.8 Å². The van der Waals surface area contributed by atoms with E-state index in [-0.39, 0.29) is 0 Å². The number of benzene rings is 1. The van der Waals surface area contributed by atoms with Gasteiger partial charge in [-0.15, -0.1) is 11.3 Å². The van der Waals surface area contributed by atoms with Crippen LogP contribution >= 0.6 is 11.3 Å². The lowest BCUT2D eigenvalue weighted by molar-refractivity contribution is 0.229. The van der Waals surface area contributed by atoms with E-state index in [0.29, 0.717) is 12.5 Å². The summed E-state index contributed by atoms with van der Waals surface area (Å²) in [5.74, 6) is 0.707. The smallest absolute Gasteiger partial charge is 0.239 e. The van der Waals surface area contributed by atoms with Crippen molar-refractivity contribution in [2.45, 2.75) is 6.54 Å². The summed E-state index contributed by atoms with van der Waals surface area (Å²) in [5, 5.41) is 2.06. The molecule has 0 bridgehead atoms. The summed E-state index contributed by atoms with van der Waals surface area (Å²) in [4.78, 5) is 8.08. The van der Waals surface area contributed by atoms with Crippen molar-refractivity contribution in [3.05, 3.63) is 65.7 Å². The predicted octanol–water partition coefficient (Wildman–Crippen LogP) is 4.06. The standard InChI is InChI=1S/C19H19N3OS/c1-21(14-15-6-3-2-4-7-15)11-12-23-18-17-8-5-10-22(17)19-16(20-18)9-13-24-19/h2-10,13H,11-12,14H2,1H3. The molecule has 0 aliphatic heterocycles. The van der Waals surface area contributed by atoms with Crippen molar-refractivity contribution < 1.29 is 4.74 Å². The van der Waals surface area contributed by atoms with Crippen LogP contribution in [0.5, 0.6) is 5.88 Å². The van der Waals surface area contributed by atoms with Crippen molar-refractivity contribution in [3.63, 3.8) is 0 Å². The zero-order valence-electron chi connectivity index (χ0n) is 13.6. The molecule has 4 rings (SSSR count). The molecule has 0 spiro atoms. The Bertz CT molecular complexity index is 945. The number of ether oxygens (including phenoxy) is 1. The molecule has 0 aliphatic carbocycles. The molecular formula is C19H19N3OS. The van der Waals surface area contributed by atoms with Crippen LogP contribution in [0.3, 0.4) is 0 Å². The maximum absolute atomic E-state index is 5.99. The molecule has 3 heterocycles. The van der Waals surface area contributed by atoms with Crippen LogP contribution in [0.1, 0.15) is 5.56 Å². The fraction of sp³-hybridized carbons (Fsp3) is 0.211. The highest BCUT2D eigenvalue weighted by molar-refractivity contribution is 7.16. The van der Waals surface area contributed by atoms with Crippen LogP contribution in [0.15, 0.2) is 60.1 Å². The van der Waals surface area contributed by atoms with Crippen LogP contribution in [0.4, 0.5) is 0 Å². The third-order valence-electron chi connectivity index (χ3n) is 4.04. The van der Waals surface area contributed by atoms with E-state index >= 15 is 0 Å². The first-order valence-electron chi connectivity index (χ1n) is 8.01. The predicted molar refractivity (Wildman–Crippen MR) is 98.8 cm³/mol.